The van der Waals surface area contributed by atoms with Crippen LogP contribution in [-0.4, -0.2) is 61.2 Å². The number of carbonyl (C=O) groups excluding carboxylic acids is 2. The first-order valence-corrected chi connectivity index (χ1v) is 7.97. The number of aryl methyl sites for hydroxylation is 1. The first-order chi connectivity index (χ1) is 11.0. The summed E-state index contributed by atoms with van der Waals surface area (Å²) in [5.41, 5.74) is 0.902. The zero-order valence-electron chi connectivity index (χ0n) is 13.4. The predicted octanol–water partition coefficient (Wildman–Crippen LogP) is 2.33. The van der Waals surface area contributed by atoms with E-state index in [4.69, 9.17) is 21.1 Å². The van der Waals surface area contributed by atoms with Gasteiger partial charge in [-0.1, -0.05) is 11.6 Å². The topological polar surface area (TPSA) is 59.1 Å². The molecular weight excluding hydrogens is 320 g/mol. The van der Waals surface area contributed by atoms with Crippen LogP contribution in [0.25, 0.3) is 0 Å². The highest BCUT2D eigenvalue weighted by Crippen LogP contribution is 2.21. The van der Waals surface area contributed by atoms with E-state index in [9.17, 15) is 9.59 Å². The first kappa shape index (κ1) is 17.4. The highest BCUT2D eigenvalue weighted by molar-refractivity contribution is 6.31. The zero-order valence-corrected chi connectivity index (χ0v) is 14.1. The van der Waals surface area contributed by atoms with Crippen LogP contribution in [0.3, 0.4) is 0 Å². The minimum atomic E-state index is -0.326. The highest BCUT2D eigenvalue weighted by atomic mass is 35.5. The van der Waals surface area contributed by atoms with E-state index in [1.165, 1.54) is 0 Å². The number of benzene rings is 1. The average molecular weight is 341 g/mol. The second kappa shape index (κ2) is 8.06. The number of hydrogen-bond acceptors (Lipinski definition) is 4. The van der Waals surface area contributed by atoms with E-state index >= 15 is 0 Å². The lowest BCUT2D eigenvalue weighted by Gasteiger charge is -2.33. The van der Waals surface area contributed by atoms with Crippen molar-refractivity contribution in [2.75, 3.05) is 39.4 Å². The fraction of sp³-hybridized carbons (Fsp3) is 0.500. The number of carbonyl (C=O) groups is 2. The quantitative estimate of drug-likeness (QED) is 0.844. The summed E-state index contributed by atoms with van der Waals surface area (Å²) < 4.78 is 10.5. The number of halogens is 1. The van der Waals surface area contributed by atoms with Crippen LogP contribution in [0.2, 0.25) is 5.02 Å². The molecule has 2 rings (SSSR count). The Bertz CT molecular complexity index is 571. The van der Waals surface area contributed by atoms with Crippen molar-refractivity contribution in [1.29, 1.82) is 0 Å². The maximum Gasteiger partial charge on any atom is 0.409 e. The van der Waals surface area contributed by atoms with E-state index in [2.05, 4.69) is 0 Å². The Morgan fingerprint density at radius 1 is 1.17 bits per heavy atom. The van der Waals surface area contributed by atoms with Crippen LogP contribution in [0, 0.1) is 6.92 Å². The second-order valence-electron chi connectivity index (χ2n) is 5.27. The Hall–Kier alpha value is -1.95. The number of ether oxygens (including phenoxy) is 2. The van der Waals surface area contributed by atoms with E-state index < -0.39 is 0 Å². The Kier molecular flexibility index (Phi) is 6.10. The third kappa shape index (κ3) is 4.76. The SMILES string of the molecule is CCOC(=O)N1CCN(C(=O)COc2ccc(Cl)c(C)c2)CC1. The molecule has 0 bridgehead atoms. The van der Waals surface area contributed by atoms with Crippen molar-refractivity contribution in [3.63, 3.8) is 0 Å². The Balaban J connectivity index is 1.79. The lowest BCUT2D eigenvalue weighted by Crippen LogP contribution is -2.51. The summed E-state index contributed by atoms with van der Waals surface area (Å²) in [6, 6.07) is 5.28. The van der Waals surface area contributed by atoms with Crippen LogP contribution in [0.1, 0.15) is 12.5 Å². The Labute approximate surface area is 140 Å². The molecule has 0 aromatic heterocycles. The molecule has 1 aromatic carbocycles. The van der Waals surface area contributed by atoms with Gasteiger partial charge in [-0.3, -0.25) is 4.79 Å². The fourth-order valence-electron chi connectivity index (χ4n) is 2.30. The molecule has 1 fully saturated rings. The lowest BCUT2D eigenvalue weighted by atomic mass is 10.2. The summed E-state index contributed by atoms with van der Waals surface area (Å²) in [7, 11) is 0. The van der Waals surface area contributed by atoms with Crippen LogP contribution in [0.15, 0.2) is 18.2 Å². The summed E-state index contributed by atoms with van der Waals surface area (Å²) in [5.74, 6) is 0.520. The average Bonchev–Trinajstić information content (AvgIpc) is 2.56. The standard InChI is InChI=1S/C16H21ClN2O4/c1-3-22-16(21)19-8-6-18(7-9-19)15(20)11-23-13-4-5-14(17)12(2)10-13/h4-5,10H,3,6-9,11H2,1-2H3. The van der Waals surface area contributed by atoms with E-state index in [0.29, 0.717) is 43.6 Å². The summed E-state index contributed by atoms with van der Waals surface area (Å²) in [6.45, 7) is 5.91. The van der Waals surface area contributed by atoms with E-state index in [1.54, 1.807) is 34.9 Å². The fourth-order valence-corrected chi connectivity index (χ4v) is 2.41. The summed E-state index contributed by atoms with van der Waals surface area (Å²) in [5, 5.41) is 0.666. The van der Waals surface area contributed by atoms with Gasteiger partial charge in [-0.15, -0.1) is 0 Å². The molecule has 0 saturated carbocycles. The summed E-state index contributed by atoms with van der Waals surface area (Å²) in [4.78, 5) is 27.1. The van der Waals surface area contributed by atoms with Crippen molar-refractivity contribution in [2.24, 2.45) is 0 Å². The van der Waals surface area contributed by atoms with Gasteiger partial charge in [0, 0.05) is 31.2 Å². The zero-order chi connectivity index (χ0) is 16.8. The third-order valence-electron chi connectivity index (χ3n) is 3.65. The monoisotopic (exact) mass is 340 g/mol. The molecule has 126 valence electrons. The molecule has 1 aliphatic heterocycles. The normalized spacial score (nSPS) is 14.6. The molecule has 1 aliphatic rings. The summed E-state index contributed by atoms with van der Waals surface area (Å²) in [6.07, 6.45) is -0.326. The second-order valence-corrected chi connectivity index (χ2v) is 5.67. The van der Waals surface area contributed by atoms with Crippen LogP contribution in [0.5, 0.6) is 5.75 Å². The Morgan fingerprint density at radius 2 is 1.83 bits per heavy atom. The van der Waals surface area contributed by atoms with Gasteiger partial charge < -0.3 is 19.3 Å². The number of nitrogens with zero attached hydrogens (tertiary/aromatic N) is 2. The van der Waals surface area contributed by atoms with Gasteiger partial charge in [-0.2, -0.15) is 0 Å². The number of hydrogen-bond donors (Lipinski definition) is 0. The molecule has 6 nitrogen and oxygen atoms in total. The van der Waals surface area contributed by atoms with E-state index in [1.807, 2.05) is 6.92 Å². The van der Waals surface area contributed by atoms with Gasteiger partial charge >= 0.3 is 6.09 Å². The first-order valence-electron chi connectivity index (χ1n) is 7.59. The van der Waals surface area contributed by atoms with Crippen molar-refractivity contribution < 1.29 is 19.1 Å². The molecule has 0 spiro atoms. The van der Waals surface area contributed by atoms with E-state index in [0.717, 1.165) is 5.56 Å². The van der Waals surface area contributed by atoms with Gasteiger partial charge in [0.25, 0.3) is 5.91 Å². The maximum absolute atomic E-state index is 12.2. The molecule has 0 aliphatic carbocycles. The largest absolute Gasteiger partial charge is 0.484 e. The van der Waals surface area contributed by atoms with Crippen LogP contribution < -0.4 is 4.74 Å². The van der Waals surface area contributed by atoms with Crippen molar-refractivity contribution in [3.05, 3.63) is 28.8 Å². The number of amides is 2. The van der Waals surface area contributed by atoms with Gasteiger partial charge in [0.05, 0.1) is 6.61 Å². The summed E-state index contributed by atoms with van der Waals surface area (Å²) >= 11 is 5.95. The molecule has 2 amide bonds. The predicted molar refractivity (Wildman–Crippen MR) is 86.9 cm³/mol. The molecule has 1 heterocycles. The smallest absolute Gasteiger partial charge is 0.409 e. The maximum atomic E-state index is 12.2. The molecule has 0 N–H and O–H groups in total. The molecule has 0 radical (unpaired) electrons. The molecule has 7 heteroatoms. The van der Waals surface area contributed by atoms with Gasteiger partial charge in [-0.05, 0) is 37.6 Å². The molecule has 1 saturated heterocycles. The van der Waals surface area contributed by atoms with Gasteiger partial charge in [0.15, 0.2) is 6.61 Å². The molecular formula is C16H21ClN2O4. The van der Waals surface area contributed by atoms with Crippen molar-refractivity contribution in [3.8, 4) is 5.75 Å². The minimum absolute atomic E-state index is 0.0273. The van der Waals surface area contributed by atoms with Gasteiger partial charge in [-0.25, -0.2) is 4.79 Å². The van der Waals surface area contributed by atoms with Crippen molar-refractivity contribution >= 4 is 23.6 Å². The minimum Gasteiger partial charge on any atom is -0.484 e. The third-order valence-corrected chi connectivity index (χ3v) is 4.07. The lowest BCUT2D eigenvalue weighted by molar-refractivity contribution is -0.134. The van der Waals surface area contributed by atoms with E-state index in [-0.39, 0.29) is 18.6 Å². The van der Waals surface area contributed by atoms with Gasteiger partial charge in [0.2, 0.25) is 0 Å². The molecule has 0 atom stereocenters. The number of rotatable bonds is 4. The van der Waals surface area contributed by atoms with Crippen molar-refractivity contribution in [1.82, 2.24) is 9.80 Å². The Morgan fingerprint density at radius 3 is 2.43 bits per heavy atom. The molecule has 0 unspecified atom stereocenters. The molecule has 1 aromatic rings. The van der Waals surface area contributed by atoms with Crippen LogP contribution in [-0.2, 0) is 9.53 Å². The number of piperazine rings is 1. The van der Waals surface area contributed by atoms with Crippen LogP contribution >= 0.6 is 11.6 Å². The van der Waals surface area contributed by atoms with Crippen molar-refractivity contribution in [2.45, 2.75) is 13.8 Å². The van der Waals surface area contributed by atoms with Crippen LogP contribution in [0.4, 0.5) is 4.79 Å². The van der Waals surface area contributed by atoms with Gasteiger partial charge in [0.1, 0.15) is 5.75 Å². The highest BCUT2D eigenvalue weighted by Gasteiger charge is 2.24. The molecule has 23 heavy (non-hydrogen) atoms.